The Hall–Kier alpha value is -2.16. The minimum absolute atomic E-state index is 0.0241. The van der Waals surface area contributed by atoms with Crippen molar-refractivity contribution in [2.45, 2.75) is 0 Å². The van der Waals surface area contributed by atoms with Crippen LogP contribution < -0.4 is 0 Å². The van der Waals surface area contributed by atoms with E-state index < -0.39 is 5.97 Å². The average Bonchev–Trinajstić information content (AvgIpc) is 2.96. The third-order valence-corrected chi connectivity index (χ3v) is 4.60. The van der Waals surface area contributed by atoms with Crippen molar-refractivity contribution in [3.8, 4) is 22.9 Å². The molecule has 3 nitrogen and oxygen atoms in total. The predicted molar refractivity (Wildman–Crippen MR) is 91.9 cm³/mol. The number of esters is 1. The number of nitrogens with zero attached hydrogens (tertiary/aromatic N) is 1. The Morgan fingerprint density at radius 3 is 2.77 bits per heavy atom. The third kappa shape index (κ3) is 3.03. The van der Waals surface area contributed by atoms with Gasteiger partial charge in [-0.15, -0.1) is 17.8 Å². The van der Waals surface area contributed by atoms with Gasteiger partial charge in [-0.3, -0.25) is 0 Å². The van der Waals surface area contributed by atoms with E-state index in [9.17, 15) is 4.79 Å². The normalized spacial score (nSPS) is 10.4. The van der Waals surface area contributed by atoms with E-state index in [0.717, 1.165) is 25.3 Å². The molecular formula is C17H10BrNO2S. The smallest absolute Gasteiger partial charge is 0.339 e. The first kappa shape index (κ1) is 14.8. The number of carbonyl (C=O) groups excluding carboxylic acids is 1. The third-order valence-electron chi connectivity index (χ3n) is 3.00. The predicted octanol–water partition coefficient (Wildman–Crippen LogP) is 4.52. The lowest BCUT2D eigenvalue weighted by Crippen LogP contribution is -2.04. The molecule has 3 rings (SSSR count). The fourth-order valence-electron chi connectivity index (χ4n) is 1.96. The quantitative estimate of drug-likeness (QED) is 0.502. The molecule has 0 saturated carbocycles. The fourth-order valence-corrected chi connectivity index (χ4v) is 3.23. The average molecular weight is 372 g/mol. The SMILES string of the molecule is C#CCOC(=O)c1ccc2nc(-c3ccc(Br)cc3)sc2c1. The number of rotatable bonds is 3. The molecule has 0 N–H and O–H groups in total. The molecule has 0 aliphatic rings. The molecule has 1 aromatic heterocycles. The zero-order chi connectivity index (χ0) is 15.5. The number of fused-ring (bicyclic) bond motifs is 1. The second-order valence-electron chi connectivity index (χ2n) is 4.49. The van der Waals surface area contributed by atoms with Crippen molar-refractivity contribution in [1.29, 1.82) is 0 Å². The summed E-state index contributed by atoms with van der Waals surface area (Å²) in [5, 5.41) is 0.914. The van der Waals surface area contributed by atoms with Gasteiger partial charge in [0.15, 0.2) is 6.61 Å². The Labute approximate surface area is 140 Å². The van der Waals surface area contributed by atoms with Gasteiger partial charge in [0.2, 0.25) is 0 Å². The maximum Gasteiger partial charge on any atom is 0.339 e. The first-order chi connectivity index (χ1) is 10.7. The van der Waals surface area contributed by atoms with E-state index >= 15 is 0 Å². The molecule has 0 aliphatic carbocycles. The Morgan fingerprint density at radius 1 is 1.27 bits per heavy atom. The summed E-state index contributed by atoms with van der Waals surface area (Å²) >= 11 is 4.95. The molecule has 0 amide bonds. The van der Waals surface area contributed by atoms with Crippen LogP contribution in [-0.2, 0) is 4.74 Å². The molecule has 2 aromatic carbocycles. The van der Waals surface area contributed by atoms with Crippen LogP contribution in [-0.4, -0.2) is 17.6 Å². The van der Waals surface area contributed by atoms with Crippen LogP contribution in [0.5, 0.6) is 0 Å². The molecule has 0 fully saturated rings. The van der Waals surface area contributed by atoms with Crippen LogP contribution in [0.3, 0.4) is 0 Å². The Balaban J connectivity index is 1.95. The summed E-state index contributed by atoms with van der Waals surface area (Å²) < 4.78 is 6.90. The van der Waals surface area contributed by atoms with Crippen molar-refractivity contribution in [2.75, 3.05) is 6.61 Å². The number of benzene rings is 2. The van der Waals surface area contributed by atoms with Crippen LogP contribution in [0, 0.1) is 12.3 Å². The zero-order valence-corrected chi connectivity index (χ0v) is 13.8. The first-order valence-corrected chi connectivity index (χ1v) is 8.05. The topological polar surface area (TPSA) is 39.2 Å². The minimum Gasteiger partial charge on any atom is -0.449 e. The van der Waals surface area contributed by atoms with Gasteiger partial charge in [-0.25, -0.2) is 9.78 Å². The van der Waals surface area contributed by atoms with E-state index in [0.29, 0.717) is 5.56 Å². The van der Waals surface area contributed by atoms with E-state index in [-0.39, 0.29) is 6.61 Å². The summed E-state index contributed by atoms with van der Waals surface area (Å²) in [7, 11) is 0. The van der Waals surface area contributed by atoms with Crippen molar-refractivity contribution < 1.29 is 9.53 Å². The van der Waals surface area contributed by atoms with Crippen molar-refractivity contribution >= 4 is 43.5 Å². The van der Waals surface area contributed by atoms with Gasteiger partial charge in [0, 0.05) is 10.0 Å². The lowest BCUT2D eigenvalue weighted by molar-refractivity contribution is 0.0557. The highest BCUT2D eigenvalue weighted by atomic mass is 79.9. The molecule has 22 heavy (non-hydrogen) atoms. The largest absolute Gasteiger partial charge is 0.449 e. The van der Waals surface area contributed by atoms with E-state index in [4.69, 9.17) is 11.2 Å². The van der Waals surface area contributed by atoms with E-state index in [1.807, 2.05) is 30.3 Å². The number of aromatic nitrogens is 1. The maximum atomic E-state index is 11.8. The number of terminal acetylenes is 1. The number of hydrogen-bond acceptors (Lipinski definition) is 4. The van der Waals surface area contributed by atoms with Gasteiger partial charge >= 0.3 is 5.97 Å². The molecule has 0 spiro atoms. The van der Waals surface area contributed by atoms with Gasteiger partial charge < -0.3 is 4.74 Å². The molecule has 1 heterocycles. The number of hydrogen-bond donors (Lipinski definition) is 0. The molecule has 0 radical (unpaired) electrons. The van der Waals surface area contributed by atoms with Crippen LogP contribution in [0.4, 0.5) is 0 Å². The van der Waals surface area contributed by atoms with Gasteiger partial charge in [0.25, 0.3) is 0 Å². The number of halogens is 1. The number of ether oxygens (including phenoxy) is 1. The molecule has 108 valence electrons. The summed E-state index contributed by atoms with van der Waals surface area (Å²) in [6.45, 7) is -0.0241. The molecule has 5 heteroatoms. The van der Waals surface area contributed by atoms with Gasteiger partial charge in [-0.2, -0.15) is 0 Å². The number of carbonyl (C=O) groups is 1. The Kier molecular flexibility index (Phi) is 4.23. The highest BCUT2D eigenvalue weighted by Crippen LogP contribution is 2.31. The number of thiazole rings is 1. The molecule has 0 unspecified atom stereocenters. The highest BCUT2D eigenvalue weighted by molar-refractivity contribution is 9.10. The van der Waals surface area contributed by atoms with Gasteiger partial charge in [-0.1, -0.05) is 34.0 Å². The summed E-state index contributed by atoms with van der Waals surface area (Å²) in [5.74, 6) is 1.86. The van der Waals surface area contributed by atoms with Gasteiger partial charge in [0.1, 0.15) is 5.01 Å². The molecule has 0 aliphatic heterocycles. The van der Waals surface area contributed by atoms with Crippen LogP contribution >= 0.6 is 27.3 Å². The maximum absolute atomic E-state index is 11.8. The van der Waals surface area contributed by atoms with Crippen LogP contribution in [0.15, 0.2) is 46.9 Å². The van der Waals surface area contributed by atoms with Crippen molar-refractivity contribution in [3.63, 3.8) is 0 Å². The van der Waals surface area contributed by atoms with Crippen LogP contribution in [0.1, 0.15) is 10.4 Å². The van der Waals surface area contributed by atoms with Gasteiger partial charge in [0.05, 0.1) is 15.8 Å². The zero-order valence-electron chi connectivity index (χ0n) is 11.4. The van der Waals surface area contributed by atoms with E-state index in [1.165, 1.54) is 11.3 Å². The molecule has 3 aromatic rings. The first-order valence-electron chi connectivity index (χ1n) is 6.44. The second-order valence-corrected chi connectivity index (χ2v) is 6.43. The highest BCUT2D eigenvalue weighted by Gasteiger charge is 2.11. The lowest BCUT2D eigenvalue weighted by atomic mass is 10.2. The van der Waals surface area contributed by atoms with Crippen molar-refractivity contribution in [2.24, 2.45) is 0 Å². The molecule has 0 bridgehead atoms. The van der Waals surface area contributed by atoms with E-state index in [2.05, 4.69) is 26.8 Å². The van der Waals surface area contributed by atoms with E-state index in [1.54, 1.807) is 12.1 Å². The minimum atomic E-state index is -0.418. The summed E-state index contributed by atoms with van der Waals surface area (Å²) in [4.78, 5) is 16.4. The summed E-state index contributed by atoms with van der Waals surface area (Å²) in [5.41, 5.74) is 2.38. The van der Waals surface area contributed by atoms with Crippen LogP contribution in [0.2, 0.25) is 0 Å². The summed E-state index contributed by atoms with van der Waals surface area (Å²) in [6, 6.07) is 13.3. The standard InChI is InChI=1S/C17H10BrNO2S/c1-2-9-21-17(20)12-5-8-14-15(10-12)22-16(19-14)11-3-6-13(18)7-4-11/h1,3-8,10H,9H2. The molecule has 0 atom stereocenters. The second kappa shape index (κ2) is 6.30. The summed E-state index contributed by atoms with van der Waals surface area (Å²) in [6.07, 6.45) is 5.09. The lowest BCUT2D eigenvalue weighted by Gasteiger charge is -2.00. The van der Waals surface area contributed by atoms with Crippen molar-refractivity contribution in [1.82, 2.24) is 4.98 Å². The van der Waals surface area contributed by atoms with Gasteiger partial charge in [-0.05, 0) is 30.3 Å². The fraction of sp³-hybridized carbons (Fsp3) is 0.0588. The molecule has 0 saturated heterocycles. The van der Waals surface area contributed by atoms with Crippen LogP contribution in [0.25, 0.3) is 20.8 Å². The Morgan fingerprint density at radius 2 is 2.05 bits per heavy atom. The Bertz CT molecular complexity index is 878. The monoisotopic (exact) mass is 371 g/mol. The van der Waals surface area contributed by atoms with Crippen molar-refractivity contribution in [3.05, 3.63) is 52.5 Å². The molecular weight excluding hydrogens is 362 g/mol.